The van der Waals surface area contributed by atoms with Gasteiger partial charge in [0, 0.05) is 5.56 Å². The Labute approximate surface area is 154 Å². The molecular weight excluding hydrogens is 420 g/mol. The molecule has 0 aliphatic carbocycles. The Morgan fingerprint density at radius 2 is 1.92 bits per heavy atom. The van der Waals surface area contributed by atoms with Gasteiger partial charge < -0.3 is 9.47 Å². The topological polar surface area (TPSA) is 42.2 Å². The quantitative estimate of drug-likeness (QED) is 0.350. The van der Waals surface area contributed by atoms with E-state index in [1.54, 1.807) is 30.3 Å². The average Bonchev–Trinajstić information content (AvgIpc) is 2.57. The molecule has 2 aromatic rings. The van der Waals surface area contributed by atoms with Crippen LogP contribution in [0.25, 0.3) is 11.6 Å². The molecule has 0 N–H and O–H groups in total. The summed E-state index contributed by atoms with van der Waals surface area (Å²) in [6.45, 7) is 4.84. The lowest BCUT2D eigenvalue weighted by molar-refractivity contribution is 0.286. The Bertz CT molecular complexity index is 796. The summed E-state index contributed by atoms with van der Waals surface area (Å²) in [6.07, 6.45) is 1.65. The van der Waals surface area contributed by atoms with E-state index in [0.717, 1.165) is 9.13 Å². The maximum absolute atomic E-state index is 13.9. The van der Waals surface area contributed by atoms with Crippen LogP contribution in [0.2, 0.25) is 0 Å². The Morgan fingerprint density at radius 1 is 1.21 bits per heavy atom. The first kappa shape index (κ1) is 18.3. The summed E-state index contributed by atoms with van der Waals surface area (Å²) in [5.41, 5.74) is 1.29. The largest absolute Gasteiger partial charge is 0.490 e. The number of rotatable bonds is 6. The van der Waals surface area contributed by atoms with Gasteiger partial charge in [0.25, 0.3) is 0 Å². The van der Waals surface area contributed by atoms with Crippen LogP contribution < -0.4 is 9.47 Å². The molecular formula is C19H17FINO2. The first-order chi connectivity index (χ1) is 11.6. The van der Waals surface area contributed by atoms with Crippen LogP contribution >= 0.6 is 22.6 Å². The third-order valence-electron chi connectivity index (χ3n) is 3.22. The van der Waals surface area contributed by atoms with E-state index in [9.17, 15) is 9.65 Å². The fourth-order valence-electron chi connectivity index (χ4n) is 2.24. The summed E-state index contributed by atoms with van der Waals surface area (Å²) in [6, 6.07) is 12.0. The van der Waals surface area contributed by atoms with Gasteiger partial charge in [-0.05, 0) is 66.3 Å². The van der Waals surface area contributed by atoms with Gasteiger partial charge in [-0.2, -0.15) is 5.26 Å². The minimum atomic E-state index is -0.420. The minimum absolute atomic E-state index is 0.260. The molecule has 124 valence electrons. The van der Waals surface area contributed by atoms with Gasteiger partial charge >= 0.3 is 0 Å². The van der Waals surface area contributed by atoms with Crippen LogP contribution in [0.4, 0.5) is 4.39 Å². The highest BCUT2D eigenvalue weighted by atomic mass is 127. The van der Waals surface area contributed by atoms with Crippen molar-refractivity contribution in [1.82, 2.24) is 0 Å². The molecule has 2 aromatic carbocycles. The molecule has 0 heterocycles. The molecule has 0 bridgehead atoms. The summed E-state index contributed by atoms with van der Waals surface area (Å²) < 4.78 is 26.1. The normalized spacial score (nSPS) is 11.0. The fraction of sp³-hybridized carbons (Fsp3) is 0.211. The molecule has 2 rings (SSSR count). The van der Waals surface area contributed by atoms with Crippen molar-refractivity contribution in [3.8, 4) is 17.6 Å². The molecule has 0 saturated carbocycles. The van der Waals surface area contributed by atoms with Crippen LogP contribution in [0.15, 0.2) is 36.4 Å². The predicted octanol–water partition coefficient (Wildman–Crippen LogP) is 5.29. The molecule has 3 nitrogen and oxygen atoms in total. The highest BCUT2D eigenvalue weighted by Crippen LogP contribution is 2.35. The zero-order valence-corrected chi connectivity index (χ0v) is 15.6. The lowest BCUT2D eigenvalue weighted by Gasteiger charge is -2.13. The lowest BCUT2D eigenvalue weighted by atomic mass is 10.0. The minimum Gasteiger partial charge on any atom is -0.490 e. The number of nitriles is 1. The average molecular weight is 437 g/mol. The lowest BCUT2D eigenvalue weighted by Crippen LogP contribution is -2.01. The molecule has 0 aliphatic heterocycles. The van der Waals surface area contributed by atoms with Crippen molar-refractivity contribution in [2.45, 2.75) is 13.8 Å². The van der Waals surface area contributed by atoms with Crippen LogP contribution in [0.1, 0.15) is 25.0 Å². The maximum Gasteiger partial charge on any atom is 0.174 e. The highest BCUT2D eigenvalue weighted by Gasteiger charge is 2.13. The first-order valence-corrected chi connectivity index (χ1v) is 8.64. The standard InChI is InChI=1S/C19H17FINO2/c1-3-23-18-11-13(10-17(21)19(18)24-4-2)9-14(12-22)15-7-5-6-8-16(15)20/h5-11H,3-4H2,1-2H3/b14-9-. The molecule has 0 atom stereocenters. The van der Waals surface area contributed by atoms with E-state index in [1.807, 2.05) is 19.9 Å². The van der Waals surface area contributed by atoms with Crippen molar-refractivity contribution in [3.05, 3.63) is 56.9 Å². The molecule has 5 heteroatoms. The van der Waals surface area contributed by atoms with E-state index in [-0.39, 0.29) is 11.1 Å². The zero-order valence-electron chi connectivity index (χ0n) is 13.5. The van der Waals surface area contributed by atoms with Gasteiger partial charge in [-0.15, -0.1) is 0 Å². The Balaban J connectivity index is 2.51. The van der Waals surface area contributed by atoms with Gasteiger partial charge in [-0.3, -0.25) is 0 Å². The number of hydrogen-bond acceptors (Lipinski definition) is 3. The molecule has 0 fully saturated rings. The molecule has 0 amide bonds. The second-order valence-electron chi connectivity index (χ2n) is 4.85. The second kappa shape index (κ2) is 8.69. The van der Waals surface area contributed by atoms with E-state index in [0.29, 0.717) is 24.7 Å². The molecule has 0 spiro atoms. The SMILES string of the molecule is CCOc1cc(/C=C(/C#N)c2ccccc2F)cc(I)c1OCC. The fourth-order valence-corrected chi connectivity index (χ4v) is 3.02. The van der Waals surface area contributed by atoms with Gasteiger partial charge in [-0.25, -0.2) is 4.39 Å². The Kier molecular flexibility index (Phi) is 6.62. The summed E-state index contributed by atoms with van der Waals surface area (Å²) >= 11 is 2.16. The third-order valence-corrected chi connectivity index (χ3v) is 4.02. The summed E-state index contributed by atoms with van der Waals surface area (Å²) in [5, 5.41) is 9.40. The van der Waals surface area contributed by atoms with Crippen LogP contribution in [-0.2, 0) is 0 Å². The Hall–Kier alpha value is -2.07. The summed E-state index contributed by atoms with van der Waals surface area (Å²) in [5.74, 6) is 0.876. The Morgan fingerprint density at radius 3 is 2.54 bits per heavy atom. The van der Waals surface area contributed by atoms with E-state index < -0.39 is 5.82 Å². The monoisotopic (exact) mass is 437 g/mol. The van der Waals surface area contributed by atoms with E-state index in [1.165, 1.54) is 6.07 Å². The number of benzene rings is 2. The summed E-state index contributed by atoms with van der Waals surface area (Å²) in [7, 11) is 0. The van der Waals surface area contributed by atoms with Crippen LogP contribution in [0, 0.1) is 20.7 Å². The van der Waals surface area contributed by atoms with E-state index in [2.05, 4.69) is 28.7 Å². The van der Waals surface area contributed by atoms with Gasteiger partial charge in [0.2, 0.25) is 0 Å². The van der Waals surface area contributed by atoms with Crippen LogP contribution in [-0.4, -0.2) is 13.2 Å². The molecule has 0 radical (unpaired) electrons. The number of hydrogen-bond donors (Lipinski definition) is 0. The van der Waals surface area contributed by atoms with Crippen LogP contribution in [0.5, 0.6) is 11.5 Å². The number of allylic oxidation sites excluding steroid dienone is 1. The summed E-state index contributed by atoms with van der Waals surface area (Å²) in [4.78, 5) is 0. The van der Waals surface area contributed by atoms with Crippen molar-refractivity contribution in [1.29, 1.82) is 5.26 Å². The molecule has 24 heavy (non-hydrogen) atoms. The van der Waals surface area contributed by atoms with Crippen molar-refractivity contribution in [3.63, 3.8) is 0 Å². The smallest absolute Gasteiger partial charge is 0.174 e. The highest BCUT2D eigenvalue weighted by molar-refractivity contribution is 14.1. The number of nitrogens with zero attached hydrogens (tertiary/aromatic N) is 1. The molecule has 0 unspecified atom stereocenters. The zero-order chi connectivity index (χ0) is 17.5. The van der Waals surface area contributed by atoms with E-state index in [4.69, 9.17) is 9.47 Å². The number of ether oxygens (including phenoxy) is 2. The predicted molar refractivity (Wildman–Crippen MR) is 101 cm³/mol. The van der Waals surface area contributed by atoms with Gasteiger partial charge in [0.15, 0.2) is 11.5 Å². The van der Waals surface area contributed by atoms with Gasteiger partial charge in [-0.1, -0.05) is 18.2 Å². The molecule has 0 aromatic heterocycles. The first-order valence-electron chi connectivity index (χ1n) is 7.56. The second-order valence-corrected chi connectivity index (χ2v) is 6.01. The van der Waals surface area contributed by atoms with Crippen LogP contribution in [0.3, 0.4) is 0 Å². The molecule has 0 aliphatic rings. The van der Waals surface area contributed by atoms with Crippen molar-refractivity contribution in [2.24, 2.45) is 0 Å². The van der Waals surface area contributed by atoms with Crippen molar-refractivity contribution in [2.75, 3.05) is 13.2 Å². The third kappa shape index (κ3) is 4.26. The number of halogens is 2. The van der Waals surface area contributed by atoms with Gasteiger partial charge in [0.05, 0.1) is 28.4 Å². The maximum atomic E-state index is 13.9. The molecule has 0 saturated heterocycles. The van der Waals surface area contributed by atoms with E-state index >= 15 is 0 Å². The van der Waals surface area contributed by atoms with Gasteiger partial charge in [0.1, 0.15) is 5.82 Å². The van der Waals surface area contributed by atoms with Crippen molar-refractivity contribution < 1.29 is 13.9 Å². The van der Waals surface area contributed by atoms with Crippen molar-refractivity contribution >= 4 is 34.2 Å².